The number of hydrogen-bond donors (Lipinski definition) is 0. The molecule has 1 heterocycles. The van der Waals surface area contributed by atoms with Gasteiger partial charge in [-0.25, -0.2) is 0 Å². The molecule has 0 aliphatic rings. The van der Waals surface area contributed by atoms with Crippen LogP contribution in [-0.2, 0) is 0 Å². The average Bonchev–Trinajstić information content (AvgIpc) is 2.77. The molecule has 3 aromatic rings. The molecule has 3 rings (SSSR count). The van der Waals surface area contributed by atoms with Crippen LogP contribution in [0, 0.1) is 4.64 Å². The van der Waals surface area contributed by atoms with Crippen molar-refractivity contribution in [3.63, 3.8) is 0 Å². The Balaban J connectivity index is 2.15. The van der Waals surface area contributed by atoms with Gasteiger partial charge in [0.05, 0.1) is 10.7 Å². The van der Waals surface area contributed by atoms with Gasteiger partial charge in [0.25, 0.3) is 0 Å². The molecule has 3 heteroatoms. The Hall–Kier alpha value is -1.45. The van der Waals surface area contributed by atoms with Crippen molar-refractivity contribution in [3.8, 4) is 0 Å². The number of benzene rings is 2. The SMILES string of the molecule is CC(c1ccccc1)n1sc2ccccc2c1=S. The molecule has 0 amide bonds. The quantitative estimate of drug-likeness (QED) is 0.591. The van der Waals surface area contributed by atoms with E-state index in [2.05, 4.69) is 53.3 Å². The summed E-state index contributed by atoms with van der Waals surface area (Å²) in [5, 5.41) is 1.18. The highest BCUT2D eigenvalue weighted by molar-refractivity contribution is 7.71. The van der Waals surface area contributed by atoms with Crippen molar-refractivity contribution < 1.29 is 0 Å². The van der Waals surface area contributed by atoms with Gasteiger partial charge in [-0.05, 0) is 18.6 Å². The Bertz CT molecular complexity index is 725. The molecule has 0 radical (unpaired) electrons. The van der Waals surface area contributed by atoms with E-state index in [0.717, 1.165) is 4.64 Å². The fraction of sp³-hybridized carbons (Fsp3) is 0.133. The molecule has 0 aliphatic heterocycles. The van der Waals surface area contributed by atoms with Crippen molar-refractivity contribution in [2.75, 3.05) is 0 Å². The normalized spacial score (nSPS) is 12.7. The molecule has 0 fully saturated rings. The van der Waals surface area contributed by atoms with Gasteiger partial charge >= 0.3 is 0 Å². The van der Waals surface area contributed by atoms with Crippen LogP contribution in [0.2, 0.25) is 0 Å². The van der Waals surface area contributed by atoms with Crippen LogP contribution in [0.15, 0.2) is 54.6 Å². The number of fused-ring (bicyclic) bond motifs is 1. The highest BCUT2D eigenvalue weighted by atomic mass is 32.1. The summed E-state index contributed by atoms with van der Waals surface area (Å²) in [6.07, 6.45) is 0. The summed E-state index contributed by atoms with van der Waals surface area (Å²) in [5.74, 6) is 0. The summed E-state index contributed by atoms with van der Waals surface area (Å²) in [5.41, 5.74) is 1.29. The zero-order valence-electron chi connectivity index (χ0n) is 10.0. The molecule has 1 unspecified atom stereocenters. The Morgan fingerprint density at radius 3 is 2.39 bits per heavy atom. The Kier molecular flexibility index (Phi) is 3.02. The third kappa shape index (κ3) is 1.89. The summed E-state index contributed by atoms with van der Waals surface area (Å²) in [6, 6.07) is 19.1. The van der Waals surface area contributed by atoms with Gasteiger partial charge in [0.15, 0.2) is 0 Å². The first-order chi connectivity index (χ1) is 8.77. The lowest BCUT2D eigenvalue weighted by Crippen LogP contribution is -2.03. The monoisotopic (exact) mass is 271 g/mol. The van der Waals surface area contributed by atoms with Crippen LogP contribution >= 0.6 is 23.8 Å². The minimum atomic E-state index is 0.288. The third-order valence-corrected chi connectivity index (χ3v) is 4.93. The van der Waals surface area contributed by atoms with Crippen molar-refractivity contribution in [2.24, 2.45) is 0 Å². The van der Waals surface area contributed by atoms with Gasteiger partial charge in [-0.3, -0.25) is 3.96 Å². The van der Waals surface area contributed by atoms with Crippen LogP contribution in [0.25, 0.3) is 10.1 Å². The number of nitrogens with zero attached hydrogens (tertiary/aromatic N) is 1. The van der Waals surface area contributed by atoms with Crippen molar-refractivity contribution >= 4 is 33.8 Å². The van der Waals surface area contributed by atoms with Gasteiger partial charge in [-0.15, -0.1) is 0 Å². The van der Waals surface area contributed by atoms with Gasteiger partial charge in [0, 0.05) is 5.39 Å². The van der Waals surface area contributed by atoms with Gasteiger partial charge < -0.3 is 0 Å². The molecule has 18 heavy (non-hydrogen) atoms. The van der Waals surface area contributed by atoms with Crippen LogP contribution in [-0.4, -0.2) is 3.96 Å². The van der Waals surface area contributed by atoms with E-state index in [4.69, 9.17) is 12.2 Å². The Labute approximate surface area is 115 Å². The molecule has 1 aromatic heterocycles. The molecule has 1 atom stereocenters. The lowest BCUT2D eigenvalue weighted by molar-refractivity contribution is 0.689. The summed E-state index contributed by atoms with van der Waals surface area (Å²) < 4.78 is 4.41. The van der Waals surface area contributed by atoms with E-state index in [0.29, 0.717) is 0 Å². The lowest BCUT2D eigenvalue weighted by atomic mass is 10.1. The maximum atomic E-state index is 5.58. The first kappa shape index (κ1) is 11.6. The molecule has 90 valence electrons. The molecule has 0 saturated heterocycles. The Morgan fingerprint density at radius 2 is 1.67 bits per heavy atom. The first-order valence-corrected chi connectivity index (χ1v) is 7.11. The van der Waals surface area contributed by atoms with Gasteiger partial charge in [0.2, 0.25) is 0 Å². The van der Waals surface area contributed by atoms with E-state index >= 15 is 0 Å². The van der Waals surface area contributed by atoms with Crippen molar-refractivity contribution in [1.29, 1.82) is 0 Å². The van der Waals surface area contributed by atoms with E-state index in [1.165, 1.54) is 15.6 Å². The highest BCUT2D eigenvalue weighted by Gasteiger charge is 2.11. The second-order valence-corrected chi connectivity index (χ2v) is 5.71. The predicted octanol–water partition coefficient (Wildman–Crippen LogP) is 5.04. The van der Waals surface area contributed by atoms with Gasteiger partial charge in [0.1, 0.15) is 4.64 Å². The zero-order chi connectivity index (χ0) is 12.5. The van der Waals surface area contributed by atoms with Crippen molar-refractivity contribution in [2.45, 2.75) is 13.0 Å². The van der Waals surface area contributed by atoms with Crippen LogP contribution in [0.4, 0.5) is 0 Å². The molecule has 1 nitrogen and oxygen atoms in total. The van der Waals surface area contributed by atoms with E-state index < -0.39 is 0 Å². The minimum absolute atomic E-state index is 0.288. The number of aromatic nitrogens is 1. The molecule has 0 N–H and O–H groups in total. The second kappa shape index (κ2) is 4.67. The largest absolute Gasteiger partial charge is 0.280 e. The average molecular weight is 271 g/mol. The molecule has 0 bridgehead atoms. The molecular weight excluding hydrogens is 258 g/mol. The van der Waals surface area contributed by atoms with E-state index in [9.17, 15) is 0 Å². The lowest BCUT2D eigenvalue weighted by Gasteiger charge is -2.12. The standard InChI is InChI=1S/C15H13NS2/c1-11(12-7-3-2-4-8-12)16-15(17)13-9-5-6-10-14(13)18-16/h2-11H,1H3. The van der Waals surface area contributed by atoms with E-state index in [1.807, 2.05) is 12.1 Å². The number of hydrogen-bond acceptors (Lipinski definition) is 2. The summed E-state index contributed by atoms with van der Waals surface area (Å²) in [6.45, 7) is 2.19. The molecule has 0 spiro atoms. The van der Waals surface area contributed by atoms with Crippen molar-refractivity contribution in [1.82, 2.24) is 3.96 Å². The summed E-state index contributed by atoms with van der Waals surface area (Å²) in [7, 11) is 0. The Morgan fingerprint density at radius 1 is 1.00 bits per heavy atom. The van der Waals surface area contributed by atoms with Crippen LogP contribution < -0.4 is 0 Å². The molecule has 0 aliphatic carbocycles. The zero-order valence-corrected chi connectivity index (χ0v) is 11.7. The fourth-order valence-electron chi connectivity index (χ4n) is 2.11. The predicted molar refractivity (Wildman–Crippen MR) is 80.9 cm³/mol. The summed E-state index contributed by atoms with van der Waals surface area (Å²) in [4.78, 5) is 0. The van der Waals surface area contributed by atoms with Gasteiger partial charge in [-0.2, -0.15) is 0 Å². The third-order valence-electron chi connectivity index (χ3n) is 3.15. The second-order valence-electron chi connectivity index (χ2n) is 4.31. The fourth-order valence-corrected chi connectivity index (χ4v) is 3.70. The van der Waals surface area contributed by atoms with Crippen molar-refractivity contribution in [3.05, 3.63) is 64.8 Å². The maximum absolute atomic E-state index is 5.58. The summed E-state index contributed by atoms with van der Waals surface area (Å²) >= 11 is 7.32. The van der Waals surface area contributed by atoms with Crippen LogP contribution in [0.1, 0.15) is 18.5 Å². The van der Waals surface area contributed by atoms with Crippen LogP contribution in [0.3, 0.4) is 0 Å². The number of rotatable bonds is 2. The maximum Gasteiger partial charge on any atom is 0.124 e. The van der Waals surface area contributed by atoms with Gasteiger partial charge in [-0.1, -0.05) is 72.3 Å². The highest BCUT2D eigenvalue weighted by Crippen LogP contribution is 2.29. The minimum Gasteiger partial charge on any atom is -0.280 e. The smallest absolute Gasteiger partial charge is 0.124 e. The molecule has 0 saturated carbocycles. The molecular formula is C15H13NS2. The molecule has 2 aromatic carbocycles. The van der Waals surface area contributed by atoms with E-state index in [1.54, 1.807) is 11.5 Å². The topological polar surface area (TPSA) is 4.93 Å². The first-order valence-electron chi connectivity index (χ1n) is 5.93. The van der Waals surface area contributed by atoms with Crippen LogP contribution in [0.5, 0.6) is 0 Å². The van der Waals surface area contributed by atoms with E-state index in [-0.39, 0.29) is 6.04 Å².